The first-order valence-electron chi connectivity index (χ1n) is 11.5. The third-order valence-corrected chi connectivity index (χ3v) is 7.01. The van der Waals surface area contributed by atoms with Crippen LogP contribution in [0, 0.1) is 5.92 Å². The monoisotopic (exact) mass is 454 g/mol. The summed E-state index contributed by atoms with van der Waals surface area (Å²) in [5, 5.41) is 9.33. The largest absolute Gasteiger partial charge is 0.337 e. The Balaban J connectivity index is 1.31. The van der Waals surface area contributed by atoms with Crippen molar-refractivity contribution in [3.63, 3.8) is 0 Å². The Morgan fingerprint density at radius 1 is 1.31 bits per heavy atom. The van der Waals surface area contributed by atoms with Crippen molar-refractivity contribution in [2.24, 2.45) is 5.92 Å². The summed E-state index contributed by atoms with van der Waals surface area (Å²) in [5.74, 6) is -0.0601. The van der Waals surface area contributed by atoms with Crippen LogP contribution in [0.2, 0.25) is 0 Å². The minimum absolute atomic E-state index is 0.0257. The highest BCUT2D eigenvalue weighted by Gasteiger charge is 2.27. The van der Waals surface area contributed by atoms with Crippen molar-refractivity contribution in [2.75, 3.05) is 19.6 Å². The van der Waals surface area contributed by atoms with E-state index in [2.05, 4.69) is 34.7 Å². The topological polar surface area (TPSA) is 50.2 Å². The maximum atomic E-state index is 14.4. The van der Waals surface area contributed by atoms with Crippen LogP contribution in [-0.2, 0) is 11.3 Å². The van der Waals surface area contributed by atoms with E-state index in [1.807, 2.05) is 21.9 Å². The second-order valence-corrected chi connectivity index (χ2v) is 9.32. The van der Waals surface area contributed by atoms with Crippen LogP contribution in [0.5, 0.6) is 0 Å². The van der Waals surface area contributed by atoms with E-state index in [-0.39, 0.29) is 17.9 Å². The first-order chi connectivity index (χ1) is 15.6. The molecule has 1 saturated heterocycles. The number of benzene rings is 1. The number of hydrogen-bond acceptors (Lipinski definition) is 3. The van der Waals surface area contributed by atoms with Crippen LogP contribution in [0.4, 0.5) is 4.39 Å². The fourth-order valence-electron chi connectivity index (χ4n) is 4.84. The van der Waals surface area contributed by atoms with Gasteiger partial charge in [-0.15, -0.1) is 0 Å². The molecule has 0 bridgehead atoms. The molecule has 2 aliphatic heterocycles. The van der Waals surface area contributed by atoms with Crippen molar-refractivity contribution in [1.82, 2.24) is 20.0 Å². The Morgan fingerprint density at radius 2 is 2.22 bits per heavy atom. The van der Waals surface area contributed by atoms with Crippen LogP contribution in [-0.4, -0.2) is 52.4 Å². The summed E-state index contributed by atoms with van der Waals surface area (Å²) in [6, 6.07) is 6.29. The second kappa shape index (κ2) is 9.20. The average Bonchev–Trinajstić information content (AvgIpc) is 3.23. The molecular formula is C25H28ClFN4O. The van der Waals surface area contributed by atoms with Crippen molar-refractivity contribution in [1.29, 1.82) is 0 Å². The third-order valence-electron chi connectivity index (χ3n) is 6.76. The van der Waals surface area contributed by atoms with Gasteiger partial charge in [-0.25, -0.2) is 4.39 Å². The molecule has 32 heavy (non-hydrogen) atoms. The van der Waals surface area contributed by atoms with Crippen molar-refractivity contribution < 1.29 is 9.18 Å². The van der Waals surface area contributed by atoms with Crippen LogP contribution in [0.25, 0.3) is 16.5 Å². The molecule has 7 heteroatoms. The number of fused-ring (bicyclic) bond motifs is 1. The molecule has 1 aromatic heterocycles. The van der Waals surface area contributed by atoms with Gasteiger partial charge in [0.1, 0.15) is 6.17 Å². The lowest BCUT2D eigenvalue weighted by molar-refractivity contribution is -0.133. The number of halogens is 2. The van der Waals surface area contributed by atoms with E-state index in [9.17, 15) is 9.18 Å². The third kappa shape index (κ3) is 4.39. The van der Waals surface area contributed by atoms with Gasteiger partial charge in [-0.1, -0.05) is 42.3 Å². The van der Waals surface area contributed by atoms with Gasteiger partial charge in [-0.3, -0.25) is 9.48 Å². The zero-order chi connectivity index (χ0) is 22.1. The highest BCUT2D eigenvalue weighted by atomic mass is 35.5. The molecule has 1 aliphatic carbocycles. The zero-order valence-corrected chi connectivity index (χ0v) is 18.8. The fourth-order valence-corrected chi connectivity index (χ4v) is 5.04. The normalized spacial score (nSPS) is 26.2. The molecular weight excluding hydrogens is 427 g/mol. The maximum Gasteiger partial charge on any atom is 0.239 e. The smallest absolute Gasteiger partial charge is 0.239 e. The molecule has 1 amide bonds. The summed E-state index contributed by atoms with van der Waals surface area (Å²) < 4.78 is 16.3. The summed E-state index contributed by atoms with van der Waals surface area (Å²) in [6.45, 7) is 2.78. The number of carbonyl (C=O) groups is 1. The number of hydrogen-bond donors (Lipinski definition) is 1. The number of piperidine rings is 1. The Hall–Kier alpha value is -2.44. The molecule has 5 nitrogen and oxygen atoms in total. The lowest BCUT2D eigenvalue weighted by Crippen LogP contribution is -2.49. The van der Waals surface area contributed by atoms with E-state index in [4.69, 9.17) is 11.6 Å². The molecule has 1 N–H and O–H groups in total. The van der Waals surface area contributed by atoms with Crippen LogP contribution in [0.3, 0.4) is 0 Å². The molecule has 0 spiro atoms. The van der Waals surface area contributed by atoms with E-state index < -0.39 is 6.17 Å². The van der Waals surface area contributed by atoms with Gasteiger partial charge in [0.05, 0.1) is 24.3 Å². The second-order valence-electron chi connectivity index (χ2n) is 8.89. The maximum absolute atomic E-state index is 14.4. The fraction of sp³-hybridized carbons (Fsp3) is 0.440. The lowest BCUT2D eigenvalue weighted by atomic mass is 9.97. The van der Waals surface area contributed by atoms with Crippen molar-refractivity contribution >= 4 is 34.0 Å². The lowest BCUT2D eigenvalue weighted by Gasteiger charge is -2.32. The number of carbonyl (C=O) groups excluding carboxylic acids is 1. The molecule has 0 radical (unpaired) electrons. The minimum atomic E-state index is -1.11. The summed E-state index contributed by atoms with van der Waals surface area (Å²) in [6.07, 6.45) is 11.9. The molecule has 3 aliphatic rings. The Labute approximate surface area is 192 Å². The molecule has 168 valence electrons. The quantitative estimate of drug-likeness (QED) is 0.743. The van der Waals surface area contributed by atoms with Gasteiger partial charge in [0.25, 0.3) is 0 Å². The van der Waals surface area contributed by atoms with E-state index in [0.717, 1.165) is 55.2 Å². The van der Waals surface area contributed by atoms with Gasteiger partial charge >= 0.3 is 0 Å². The summed E-state index contributed by atoms with van der Waals surface area (Å²) >= 11 is 5.91. The van der Waals surface area contributed by atoms with Crippen LogP contribution < -0.4 is 5.32 Å². The molecule has 0 saturated carbocycles. The molecule has 3 heterocycles. The highest BCUT2D eigenvalue weighted by molar-refractivity contribution is 6.31. The highest BCUT2D eigenvalue weighted by Crippen LogP contribution is 2.28. The Bertz CT molecular complexity index is 1100. The molecule has 2 aromatic rings. The molecule has 3 unspecified atom stereocenters. The number of rotatable bonds is 4. The summed E-state index contributed by atoms with van der Waals surface area (Å²) in [4.78, 5) is 14.8. The average molecular weight is 455 g/mol. The minimum Gasteiger partial charge on any atom is -0.337 e. The van der Waals surface area contributed by atoms with Gasteiger partial charge < -0.3 is 10.2 Å². The number of allylic oxidation sites excluding steroid dienone is 4. The van der Waals surface area contributed by atoms with E-state index >= 15 is 0 Å². The molecule has 3 atom stereocenters. The van der Waals surface area contributed by atoms with Crippen LogP contribution >= 0.6 is 11.6 Å². The van der Waals surface area contributed by atoms with E-state index in [1.54, 1.807) is 6.08 Å². The number of nitrogens with one attached hydrogen (secondary N) is 1. The van der Waals surface area contributed by atoms with Crippen molar-refractivity contribution in [2.45, 2.75) is 44.4 Å². The number of alkyl halides is 1. The number of aromatic nitrogens is 2. The van der Waals surface area contributed by atoms with Gasteiger partial charge in [-0.2, -0.15) is 5.10 Å². The summed E-state index contributed by atoms with van der Waals surface area (Å²) in [5.41, 5.74) is 3.38. The molecule has 1 fully saturated rings. The summed E-state index contributed by atoms with van der Waals surface area (Å²) in [7, 11) is 0. The number of amides is 1. The van der Waals surface area contributed by atoms with Gasteiger partial charge in [-0.05, 0) is 55.2 Å². The first kappa shape index (κ1) is 21.4. The standard InChI is InChI=1S/C25H28ClFN4O/c26-21-7-6-20(22(27)14-21)16-31-24-13-18(4-5-19(24)15-29-31)17-8-11-30(12-9-17)25(32)23-3-1-2-10-28-23/h4-8,13-15,20,22-23,28H,1-3,9-12,16H2. The first-order valence-corrected chi connectivity index (χ1v) is 11.8. The van der Waals surface area contributed by atoms with Gasteiger partial charge in [0, 0.05) is 29.4 Å². The molecule has 5 rings (SSSR count). The predicted molar refractivity (Wildman–Crippen MR) is 126 cm³/mol. The number of nitrogens with zero attached hydrogens (tertiary/aromatic N) is 3. The Kier molecular flexibility index (Phi) is 6.15. The van der Waals surface area contributed by atoms with Crippen LogP contribution in [0.15, 0.2) is 53.7 Å². The van der Waals surface area contributed by atoms with Gasteiger partial charge in [0.2, 0.25) is 5.91 Å². The molecule has 1 aromatic carbocycles. The van der Waals surface area contributed by atoms with Crippen molar-refractivity contribution in [3.8, 4) is 0 Å². The Morgan fingerprint density at radius 3 is 2.97 bits per heavy atom. The van der Waals surface area contributed by atoms with E-state index in [0.29, 0.717) is 18.1 Å². The van der Waals surface area contributed by atoms with E-state index in [1.165, 1.54) is 11.6 Å². The zero-order valence-electron chi connectivity index (χ0n) is 18.0. The predicted octanol–water partition coefficient (Wildman–Crippen LogP) is 4.44. The van der Waals surface area contributed by atoms with Crippen LogP contribution in [0.1, 0.15) is 31.2 Å². The van der Waals surface area contributed by atoms with Crippen molar-refractivity contribution in [3.05, 3.63) is 59.3 Å². The van der Waals surface area contributed by atoms with Gasteiger partial charge in [0.15, 0.2) is 0 Å². The SMILES string of the molecule is O=C(C1CCCCN1)N1CC=C(c2ccc3cnn(CC4C=CC(Cl)=CC4F)c3c2)CC1.